The van der Waals surface area contributed by atoms with Gasteiger partial charge in [-0.3, -0.25) is 0 Å². The molecule has 0 unspecified atom stereocenters. The van der Waals surface area contributed by atoms with Crippen molar-refractivity contribution in [3.05, 3.63) is 11.7 Å². The molecule has 4 nitrogen and oxygen atoms in total. The average Bonchev–Trinajstić information content (AvgIpc) is 2.65. The monoisotopic (exact) mass is 225 g/mol. The fraction of sp³-hybridized carbons (Fsp3) is 0.833. The summed E-state index contributed by atoms with van der Waals surface area (Å²) in [6.45, 7) is 7.21. The fourth-order valence-corrected chi connectivity index (χ4v) is 1.88. The molecule has 0 radical (unpaired) electrons. The Morgan fingerprint density at radius 2 is 1.94 bits per heavy atom. The maximum atomic E-state index is 4.93. The Kier molecular flexibility index (Phi) is 6.08. The summed E-state index contributed by atoms with van der Waals surface area (Å²) in [4.78, 5) is 4.18. The molecule has 1 heterocycles. The average molecular weight is 225 g/mol. The van der Waals surface area contributed by atoms with Crippen molar-refractivity contribution in [1.29, 1.82) is 0 Å². The van der Waals surface area contributed by atoms with Gasteiger partial charge in [-0.2, -0.15) is 4.98 Å². The van der Waals surface area contributed by atoms with Crippen molar-refractivity contribution in [3.63, 3.8) is 0 Å². The lowest BCUT2D eigenvalue weighted by Gasteiger charge is -2.16. The molecule has 0 aliphatic rings. The first-order chi connectivity index (χ1) is 7.76. The van der Waals surface area contributed by atoms with Crippen LogP contribution in [0.25, 0.3) is 0 Å². The Morgan fingerprint density at radius 3 is 2.44 bits per heavy atom. The molecular weight excluding hydrogens is 202 g/mol. The topological polar surface area (TPSA) is 51.0 Å². The van der Waals surface area contributed by atoms with Crippen molar-refractivity contribution in [3.8, 4) is 0 Å². The lowest BCUT2D eigenvalue weighted by Crippen LogP contribution is -2.30. The lowest BCUT2D eigenvalue weighted by atomic mass is 10.1. The third-order valence-electron chi connectivity index (χ3n) is 2.63. The second-order valence-electron chi connectivity index (χ2n) is 4.21. The predicted octanol–water partition coefficient (Wildman–Crippen LogP) is 2.48. The molecule has 1 rings (SSSR count). The maximum absolute atomic E-state index is 4.93. The zero-order chi connectivity index (χ0) is 11.8. The van der Waals surface area contributed by atoms with Gasteiger partial charge in [0.1, 0.15) is 0 Å². The van der Waals surface area contributed by atoms with Crippen molar-refractivity contribution in [2.24, 2.45) is 0 Å². The molecule has 0 spiro atoms. The van der Waals surface area contributed by atoms with Gasteiger partial charge in [-0.1, -0.05) is 31.8 Å². The van der Waals surface area contributed by atoms with Gasteiger partial charge in [0.25, 0.3) is 0 Å². The highest BCUT2D eigenvalue weighted by molar-refractivity contribution is 4.84. The summed E-state index contributed by atoms with van der Waals surface area (Å²) in [6, 6.07) is 0.642. The van der Waals surface area contributed by atoms with Crippen LogP contribution in [0.5, 0.6) is 0 Å². The second kappa shape index (κ2) is 7.39. The van der Waals surface area contributed by atoms with Gasteiger partial charge in [0.15, 0.2) is 5.82 Å². The van der Waals surface area contributed by atoms with Crippen LogP contribution in [-0.4, -0.2) is 22.7 Å². The molecule has 0 amide bonds. The van der Waals surface area contributed by atoms with E-state index in [1.165, 1.54) is 25.7 Å². The first-order valence-electron chi connectivity index (χ1n) is 6.28. The summed E-state index contributed by atoms with van der Waals surface area (Å²) in [5.74, 6) is 1.45. The molecule has 0 bridgehead atoms. The fourth-order valence-electron chi connectivity index (χ4n) is 1.88. The molecule has 1 aromatic rings. The van der Waals surface area contributed by atoms with Crippen molar-refractivity contribution in [2.45, 2.75) is 58.9 Å². The highest BCUT2D eigenvalue weighted by atomic mass is 16.5. The van der Waals surface area contributed by atoms with Crippen LogP contribution in [-0.2, 0) is 6.42 Å². The van der Waals surface area contributed by atoms with E-state index >= 15 is 0 Å². The first kappa shape index (κ1) is 13.2. The van der Waals surface area contributed by atoms with E-state index in [0.29, 0.717) is 11.9 Å². The Morgan fingerprint density at radius 1 is 1.25 bits per heavy atom. The van der Waals surface area contributed by atoms with Gasteiger partial charge < -0.3 is 9.84 Å². The Labute approximate surface area is 97.8 Å². The van der Waals surface area contributed by atoms with E-state index in [0.717, 1.165) is 18.8 Å². The molecule has 16 heavy (non-hydrogen) atoms. The smallest absolute Gasteiger partial charge is 0.223 e. The van der Waals surface area contributed by atoms with E-state index < -0.39 is 0 Å². The third kappa shape index (κ3) is 4.75. The van der Waals surface area contributed by atoms with Crippen molar-refractivity contribution in [2.75, 3.05) is 6.54 Å². The van der Waals surface area contributed by atoms with Gasteiger partial charge in [-0.05, 0) is 12.8 Å². The van der Waals surface area contributed by atoms with Gasteiger partial charge in [0.05, 0.1) is 0 Å². The molecular formula is C12H23N3O. The van der Waals surface area contributed by atoms with Crippen molar-refractivity contribution < 1.29 is 4.52 Å². The summed E-state index contributed by atoms with van der Waals surface area (Å²) >= 11 is 0. The summed E-state index contributed by atoms with van der Waals surface area (Å²) in [5, 5.41) is 7.44. The van der Waals surface area contributed by atoms with E-state index in [2.05, 4.69) is 29.3 Å². The highest BCUT2D eigenvalue weighted by Crippen LogP contribution is 2.04. The minimum absolute atomic E-state index is 0.642. The molecule has 0 aromatic carbocycles. The number of hydrogen-bond donors (Lipinski definition) is 1. The van der Waals surface area contributed by atoms with Crippen LogP contribution in [0.4, 0.5) is 0 Å². The third-order valence-corrected chi connectivity index (χ3v) is 2.63. The van der Waals surface area contributed by atoms with E-state index in [1.807, 2.05) is 6.92 Å². The number of nitrogens with one attached hydrogen (secondary N) is 1. The number of rotatable bonds is 8. The van der Waals surface area contributed by atoms with E-state index in [4.69, 9.17) is 4.52 Å². The standard InChI is InChI=1S/C12H23N3O/c1-4-6-11(7-5-2)13-9-8-12-14-10(3)16-15-12/h11,13H,4-9H2,1-3H3. The van der Waals surface area contributed by atoms with E-state index in [9.17, 15) is 0 Å². The second-order valence-corrected chi connectivity index (χ2v) is 4.21. The Bertz CT molecular complexity index is 280. The van der Waals surface area contributed by atoms with Gasteiger partial charge in [-0.15, -0.1) is 0 Å². The lowest BCUT2D eigenvalue weighted by molar-refractivity contribution is 0.385. The summed E-state index contributed by atoms with van der Waals surface area (Å²) < 4.78 is 4.93. The van der Waals surface area contributed by atoms with Crippen LogP contribution < -0.4 is 5.32 Å². The van der Waals surface area contributed by atoms with Crippen LogP contribution in [0.2, 0.25) is 0 Å². The number of aryl methyl sites for hydroxylation is 1. The number of aromatic nitrogens is 2. The maximum Gasteiger partial charge on any atom is 0.223 e. The number of hydrogen-bond acceptors (Lipinski definition) is 4. The summed E-state index contributed by atoms with van der Waals surface area (Å²) in [5.41, 5.74) is 0. The molecule has 0 saturated carbocycles. The SMILES string of the molecule is CCCC(CCC)NCCc1noc(C)n1. The predicted molar refractivity (Wildman–Crippen MR) is 64.3 cm³/mol. The first-order valence-corrected chi connectivity index (χ1v) is 6.28. The highest BCUT2D eigenvalue weighted by Gasteiger charge is 2.07. The Hall–Kier alpha value is -0.900. The zero-order valence-electron chi connectivity index (χ0n) is 10.6. The molecule has 4 heteroatoms. The van der Waals surface area contributed by atoms with Crippen LogP contribution >= 0.6 is 0 Å². The molecule has 0 fully saturated rings. The minimum atomic E-state index is 0.642. The molecule has 1 N–H and O–H groups in total. The van der Waals surface area contributed by atoms with Crippen LogP contribution in [0.3, 0.4) is 0 Å². The minimum Gasteiger partial charge on any atom is -0.340 e. The van der Waals surface area contributed by atoms with Crippen LogP contribution in [0.1, 0.15) is 51.2 Å². The van der Waals surface area contributed by atoms with E-state index in [1.54, 1.807) is 0 Å². The zero-order valence-corrected chi connectivity index (χ0v) is 10.6. The summed E-state index contributed by atoms with van der Waals surface area (Å²) in [6.07, 6.45) is 5.82. The van der Waals surface area contributed by atoms with Gasteiger partial charge >= 0.3 is 0 Å². The quantitative estimate of drug-likeness (QED) is 0.738. The molecule has 0 aliphatic carbocycles. The molecule has 0 aliphatic heterocycles. The summed E-state index contributed by atoms with van der Waals surface area (Å²) in [7, 11) is 0. The molecule has 0 saturated heterocycles. The van der Waals surface area contributed by atoms with Crippen LogP contribution in [0.15, 0.2) is 4.52 Å². The van der Waals surface area contributed by atoms with E-state index in [-0.39, 0.29) is 0 Å². The normalized spacial score (nSPS) is 11.2. The van der Waals surface area contributed by atoms with Gasteiger partial charge in [-0.25, -0.2) is 0 Å². The number of nitrogens with zero attached hydrogens (tertiary/aromatic N) is 2. The molecule has 1 aromatic heterocycles. The molecule has 92 valence electrons. The molecule has 0 atom stereocenters. The van der Waals surface area contributed by atoms with Crippen LogP contribution in [0, 0.1) is 6.92 Å². The van der Waals surface area contributed by atoms with Gasteiger partial charge in [0.2, 0.25) is 5.89 Å². The largest absolute Gasteiger partial charge is 0.340 e. The van der Waals surface area contributed by atoms with Crippen molar-refractivity contribution >= 4 is 0 Å². The van der Waals surface area contributed by atoms with Crippen molar-refractivity contribution in [1.82, 2.24) is 15.5 Å². The van der Waals surface area contributed by atoms with Gasteiger partial charge in [0, 0.05) is 25.9 Å². The Balaban J connectivity index is 2.21.